The Morgan fingerprint density at radius 3 is 2.39 bits per heavy atom. The molecule has 0 saturated carbocycles. The number of H-pyrrole nitrogens is 1. The number of nitrogens with zero attached hydrogens (tertiary/aromatic N) is 6. The predicted molar refractivity (Wildman–Crippen MR) is 123 cm³/mol. The van der Waals surface area contributed by atoms with E-state index in [0.717, 1.165) is 5.56 Å². The van der Waals surface area contributed by atoms with Crippen LogP contribution in [0.15, 0.2) is 59.4 Å². The minimum absolute atomic E-state index is 0.0880. The highest BCUT2D eigenvalue weighted by molar-refractivity contribution is 5.97. The first-order valence-electron chi connectivity index (χ1n) is 10.1. The lowest BCUT2D eigenvalue weighted by Gasteiger charge is -2.08. The number of anilines is 1. The summed E-state index contributed by atoms with van der Waals surface area (Å²) >= 11 is 0. The first-order chi connectivity index (χ1) is 16.1. The molecule has 0 fully saturated rings. The molecule has 9 heteroatoms. The Morgan fingerprint density at radius 2 is 1.64 bits per heavy atom. The Hall–Kier alpha value is -5.02. The normalized spacial score (nSPS) is 10.8. The molecular weight excluding hydrogens is 416 g/mol. The molecule has 0 amide bonds. The number of aromatic nitrogens is 5. The number of aromatic amines is 1. The van der Waals surface area contributed by atoms with E-state index < -0.39 is 0 Å². The fourth-order valence-electron chi connectivity index (χ4n) is 3.86. The molecule has 3 heterocycles. The summed E-state index contributed by atoms with van der Waals surface area (Å²) in [7, 11) is 0. The van der Waals surface area contributed by atoms with Gasteiger partial charge in [-0.2, -0.15) is 10.5 Å². The lowest BCUT2D eigenvalue weighted by molar-refractivity contribution is 0.724. The van der Waals surface area contributed by atoms with E-state index in [-0.39, 0.29) is 22.8 Å². The number of fused-ring (bicyclic) bond motifs is 2. The Bertz CT molecular complexity index is 1670. The van der Waals surface area contributed by atoms with Gasteiger partial charge in [0.1, 0.15) is 29.3 Å². The SMILES string of the molecule is N#Cc1nc2c(-c3nc4ccccc4c(=O)[nH]3)c(N)n(CCc3ccccc3)c2nc1C#N. The summed E-state index contributed by atoms with van der Waals surface area (Å²) in [5.74, 6) is 0.515. The van der Waals surface area contributed by atoms with Gasteiger partial charge in [-0.05, 0) is 24.1 Å². The van der Waals surface area contributed by atoms with Gasteiger partial charge in [0.2, 0.25) is 0 Å². The highest BCUT2D eigenvalue weighted by Crippen LogP contribution is 2.34. The van der Waals surface area contributed by atoms with Gasteiger partial charge in [-0.1, -0.05) is 42.5 Å². The number of para-hydroxylation sites is 1. The average Bonchev–Trinajstić information content (AvgIpc) is 3.12. The summed E-state index contributed by atoms with van der Waals surface area (Å²) in [6.45, 7) is 0.454. The van der Waals surface area contributed by atoms with E-state index in [0.29, 0.717) is 46.4 Å². The van der Waals surface area contributed by atoms with Crippen LogP contribution in [0.2, 0.25) is 0 Å². The van der Waals surface area contributed by atoms with Gasteiger partial charge in [0.15, 0.2) is 17.0 Å². The van der Waals surface area contributed by atoms with Crippen LogP contribution in [-0.2, 0) is 13.0 Å². The highest BCUT2D eigenvalue weighted by atomic mass is 16.1. The molecule has 9 nitrogen and oxygen atoms in total. The summed E-state index contributed by atoms with van der Waals surface area (Å²) in [5.41, 5.74) is 8.64. The van der Waals surface area contributed by atoms with Crippen molar-refractivity contribution in [3.8, 4) is 23.5 Å². The number of hydrogen-bond donors (Lipinski definition) is 2. The van der Waals surface area contributed by atoms with Crippen LogP contribution in [0.5, 0.6) is 0 Å². The minimum atomic E-state index is -0.317. The molecule has 0 aliphatic carbocycles. The second-order valence-corrected chi connectivity index (χ2v) is 7.40. The van der Waals surface area contributed by atoms with Crippen LogP contribution in [0.3, 0.4) is 0 Å². The van der Waals surface area contributed by atoms with Crippen molar-refractivity contribution in [1.82, 2.24) is 24.5 Å². The lowest BCUT2D eigenvalue weighted by Crippen LogP contribution is -2.10. The van der Waals surface area contributed by atoms with Crippen molar-refractivity contribution in [2.45, 2.75) is 13.0 Å². The molecule has 0 bridgehead atoms. The Kier molecular flexibility index (Phi) is 4.77. The molecule has 5 aromatic rings. The minimum Gasteiger partial charge on any atom is -0.384 e. The molecular formula is C24H16N8O. The third kappa shape index (κ3) is 3.34. The van der Waals surface area contributed by atoms with Gasteiger partial charge in [-0.25, -0.2) is 15.0 Å². The zero-order valence-corrected chi connectivity index (χ0v) is 17.3. The van der Waals surface area contributed by atoms with Crippen molar-refractivity contribution >= 4 is 27.9 Å². The monoisotopic (exact) mass is 432 g/mol. The molecule has 0 atom stereocenters. The molecule has 3 N–H and O–H groups in total. The van der Waals surface area contributed by atoms with E-state index in [2.05, 4.69) is 19.9 Å². The summed E-state index contributed by atoms with van der Waals surface area (Å²) in [6.07, 6.45) is 0.652. The van der Waals surface area contributed by atoms with Gasteiger partial charge in [0.05, 0.1) is 16.5 Å². The van der Waals surface area contributed by atoms with Gasteiger partial charge in [0.25, 0.3) is 5.56 Å². The van der Waals surface area contributed by atoms with E-state index in [1.807, 2.05) is 42.5 Å². The van der Waals surface area contributed by atoms with Crippen LogP contribution in [-0.4, -0.2) is 24.5 Å². The number of nitrogens with one attached hydrogen (secondary N) is 1. The van der Waals surface area contributed by atoms with Gasteiger partial charge in [-0.15, -0.1) is 0 Å². The molecule has 0 saturated heterocycles. The number of rotatable bonds is 4. The Balaban J connectivity index is 1.76. The summed E-state index contributed by atoms with van der Waals surface area (Å²) in [5, 5.41) is 19.4. The lowest BCUT2D eigenvalue weighted by atomic mass is 10.1. The van der Waals surface area contributed by atoms with Gasteiger partial charge in [-0.3, -0.25) is 4.79 Å². The third-order valence-electron chi connectivity index (χ3n) is 5.45. The van der Waals surface area contributed by atoms with Gasteiger partial charge >= 0.3 is 0 Å². The summed E-state index contributed by atoms with van der Waals surface area (Å²) < 4.78 is 1.74. The number of nitrogen functional groups attached to an aromatic ring is 1. The molecule has 5 rings (SSSR count). The number of hydrogen-bond acceptors (Lipinski definition) is 7. The number of nitriles is 2. The van der Waals surface area contributed by atoms with E-state index in [9.17, 15) is 15.3 Å². The van der Waals surface area contributed by atoms with E-state index >= 15 is 0 Å². The predicted octanol–water partition coefficient (Wildman–Crippen LogP) is 2.90. The largest absolute Gasteiger partial charge is 0.384 e. The molecule has 0 aliphatic heterocycles. The van der Waals surface area contributed by atoms with E-state index in [1.165, 1.54) is 0 Å². The first-order valence-corrected chi connectivity index (χ1v) is 10.1. The van der Waals surface area contributed by atoms with Crippen LogP contribution in [0.25, 0.3) is 33.5 Å². The van der Waals surface area contributed by atoms with Crippen molar-refractivity contribution in [2.24, 2.45) is 0 Å². The molecule has 0 aliphatic rings. The number of nitrogens with two attached hydrogens (primary N) is 1. The van der Waals surface area contributed by atoms with Crippen molar-refractivity contribution < 1.29 is 0 Å². The number of aryl methyl sites for hydroxylation is 2. The maximum atomic E-state index is 12.7. The second kappa shape index (κ2) is 7.91. The van der Waals surface area contributed by atoms with Gasteiger partial charge < -0.3 is 15.3 Å². The van der Waals surface area contributed by atoms with Crippen molar-refractivity contribution in [2.75, 3.05) is 5.73 Å². The molecule has 3 aromatic heterocycles. The summed E-state index contributed by atoms with van der Waals surface area (Å²) in [6, 6.07) is 20.7. The highest BCUT2D eigenvalue weighted by Gasteiger charge is 2.23. The maximum absolute atomic E-state index is 12.7. The van der Waals surface area contributed by atoms with Crippen molar-refractivity contribution in [1.29, 1.82) is 10.5 Å². The van der Waals surface area contributed by atoms with Crippen LogP contribution >= 0.6 is 0 Å². The van der Waals surface area contributed by atoms with Crippen molar-refractivity contribution in [3.63, 3.8) is 0 Å². The van der Waals surface area contributed by atoms with Crippen molar-refractivity contribution in [3.05, 3.63) is 81.9 Å². The Labute approximate surface area is 187 Å². The average molecular weight is 432 g/mol. The molecule has 2 aromatic carbocycles. The fraction of sp³-hybridized carbons (Fsp3) is 0.0833. The zero-order chi connectivity index (χ0) is 22.9. The molecule has 0 spiro atoms. The molecule has 0 unspecified atom stereocenters. The first kappa shape index (κ1) is 19.9. The van der Waals surface area contributed by atoms with Crippen LogP contribution in [0.1, 0.15) is 17.0 Å². The van der Waals surface area contributed by atoms with Crippen LogP contribution in [0, 0.1) is 22.7 Å². The summed E-state index contributed by atoms with van der Waals surface area (Å²) in [4.78, 5) is 28.8. The van der Waals surface area contributed by atoms with Crippen LogP contribution in [0.4, 0.5) is 5.82 Å². The van der Waals surface area contributed by atoms with Crippen LogP contribution < -0.4 is 11.3 Å². The number of benzene rings is 2. The van der Waals surface area contributed by atoms with E-state index in [4.69, 9.17) is 5.73 Å². The molecule has 0 radical (unpaired) electrons. The standard InChI is InChI=1S/C24H16N8O/c25-12-17-18(13-26)30-23-20(28-17)19(21(27)32(23)11-10-14-6-2-1-3-7-14)22-29-16-9-5-4-8-15(16)24(33)31-22/h1-9H,10-11,27H2,(H,29,31,33). The van der Waals surface area contributed by atoms with E-state index in [1.54, 1.807) is 28.8 Å². The molecule has 158 valence electrons. The second-order valence-electron chi connectivity index (χ2n) is 7.40. The Morgan fingerprint density at radius 1 is 0.939 bits per heavy atom. The quantitative estimate of drug-likeness (QED) is 0.443. The third-order valence-corrected chi connectivity index (χ3v) is 5.45. The maximum Gasteiger partial charge on any atom is 0.259 e. The topological polar surface area (TPSA) is 150 Å². The molecule has 33 heavy (non-hydrogen) atoms. The van der Waals surface area contributed by atoms with Gasteiger partial charge in [0, 0.05) is 6.54 Å². The zero-order valence-electron chi connectivity index (χ0n) is 17.3. The fourth-order valence-corrected chi connectivity index (χ4v) is 3.86. The smallest absolute Gasteiger partial charge is 0.259 e.